The highest BCUT2D eigenvalue weighted by molar-refractivity contribution is 5.98. The van der Waals surface area contributed by atoms with Crippen molar-refractivity contribution in [2.75, 3.05) is 18.0 Å². The lowest BCUT2D eigenvalue weighted by molar-refractivity contribution is 0.0949. The molecule has 2 aliphatic rings. The van der Waals surface area contributed by atoms with Crippen molar-refractivity contribution in [1.29, 1.82) is 0 Å². The second-order valence-electron chi connectivity index (χ2n) is 6.75. The molecule has 1 amide bonds. The number of aromatic nitrogens is 4. The molecule has 0 unspecified atom stereocenters. The van der Waals surface area contributed by atoms with Crippen molar-refractivity contribution in [1.82, 2.24) is 25.1 Å². The highest BCUT2D eigenvalue weighted by Gasteiger charge is 2.21. The minimum atomic E-state index is -0.0963. The summed E-state index contributed by atoms with van der Waals surface area (Å²) >= 11 is 0. The summed E-state index contributed by atoms with van der Waals surface area (Å²) in [6, 6.07) is 3.66. The zero-order valence-corrected chi connectivity index (χ0v) is 14.4. The first kappa shape index (κ1) is 16.1. The molecule has 1 saturated heterocycles. The lowest BCUT2D eigenvalue weighted by Crippen LogP contribution is -2.29. The fraction of sp³-hybridized carbons (Fsp3) is 0.556. The normalized spacial score (nSPS) is 17.2. The Kier molecular flexibility index (Phi) is 4.63. The van der Waals surface area contributed by atoms with Gasteiger partial charge >= 0.3 is 0 Å². The van der Waals surface area contributed by atoms with Gasteiger partial charge in [-0.15, -0.1) is 10.2 Å². The highest BCUT2D eigenvalue weighted by atomic mass is 16.1. The van der Waals surface area contributed by atoms with E-state index in [4.69, 9.17) is 0 Å². The van der Waals surface area contributed by atoms with E-state index in [2.05, 4.69) is 30.0 Å². The first-order valence-corrected chi connectivity index (χ1v) is 9.22. The van der Waals surface area contributed by atoms with E-state index < -0.39 is 0 Å². The predicted molar refractivity (Wildman–Crippen MR) is 94.4 cm³/mol. The summed E-state index contributed by atoms with van der Waals surface area (Å²) in [5.74, 6) is 2.58. The van der Waals surface area contributed by atoms with Crippen molar-refractivity contribution in [3.63, 3.8) is 0 Å². The third kappa shape index (κ3) is 3.36. The smallest absolute Gasteiger partial charge is 0.255 e. The second-order valence-corrected chi connectivity index (χ2v) is 6.75. The Morgan fingerprint density at radius 1 is 1.08 bits per heavy atom. The molecule has 0 saturated carbocycles. The predicted octanol–water partition coefficient (Wildman–Crippen LogP) is 1.93. The fourth-order valence-electron chi connectivity index (χ4n) is 3.69. The number of rotatable bonds is 4. The Bertz CT molecular complexity index is 750. The average Bonchev–Trinajstić information content (AvgIpc) is 3.25. The number of carbonyl (C=O) groups excluding carboxylic acids is 1. The van der Waals surface area contributed by atoms with Crippen LogP contribution in [-0.2, 0) is 19.5 Å². The molecule has 2 aromatic heterocycles. The SMILES string of the molecule is O=C(NCc1nnc2n1CCCCC2)c1cccnc1N1CCCC1. The zero-order chi connectivity index (χ0) is 17.1. The summed E-state index contributed by atoms with van der Waals surface area (Å²) in [5, 5.41) is 11.6. The molecule has 7 heteroatoms. The summed E-state index contributed by atoms with van der Waals surface area (Å²) in [6.07, 6.45) is 8.58. The van der Waals surface area contributed by atoms with E-state index in [1.165, 1.54) is 12.8 Å². The Balaban J connectivity index is 1.47. The van der Waals surface area contributed by atoms with Gasteiger partial charge in [-0.25, -0.2) is 4.98 Å². The standard InChI is InChI=1S/C18H24N6O/c25-18(14-7-6-9-19-17(14)23-10-4-5-11-23)20-13-16-22-21-15-8-2-1-3-12-24(15)16/h6-7,9H,1-5,8,10-13H2,(H,20,25). The lowest BCUT2D eigenvalue weighted by Gasteiger charge is -2.19. The Morgan fingerprint density at radius 2 is 1.92 bits per heavy atom. The first-order valence-electron chi connectivity index (χ1n) is 9.22. The van der Waals surface area contributed by atoms with Crippen LogP contribution in [0.2, 0.25) is 0 Å². The van der Waals surface area contributed by atoms with Crippen LogP contribution in [-0.4, -0.2) is 38.7 Å². The number of carbonyl (C=O) groups is 1. The number of nitrogens with one attached hydrogen (secondary N) is 1. The summed E-state index contributed by atoms with van der Waals surface area (Å²) in [7, 11) is 0. The van der Waals surface area contributed by atoms with Gasteiger partial charge in [0.25, 0.3) is 5.91 Å². The van der Waals surface area contributed by atoms with Crippen LogP contribution < -0.4 is 10.2 Å². The van der Waals surface area contributed by atoms with Crippen molar-refractivity contribution in [2.24, 2.45) is 0 Å². The molecule has 1 fully saturated rings. The molecular formula is C18H24N6O. The molecular weight excluding hydrogens is 316 g/mol. The van der Waals surface area contributed by atoms with Crippen molar-refractivity contribution in [2.45, 2.75) is 51.6 Å². The van der Waals surface area contributed by atoms with Crippen LogP contribution in [0.3, 0.4) is 0 Å². The van der Waals surface area contributed by atoms with Gasteiger partial charge in [0.15, 0.2) is 5.82 Å². The second kappa shape index (κ2) is 7.21. The minimum Gasteiger partial charge on any atom is -0.356 e. The molecule has 132 valence electrons. The topological polar surface area (TPSA) is 75.9 Å². The van der Waals surface area contributed by atoms with Crippen LogP contribution in [0.5, 0.6) is 0 Å². The van der Waals surface area contributed by atoms with Crippen LogP contribution in [0.25, 0.3) is 0 Å². The maximum Gasteiger partial charge on any atom is 0.255 e. The van der Waals surface area contributed by atoms with Crippen LogP contribution in [0, 0.1) is 0 Å². The summed E-state index contributed by atoms with van der Waals surface area (Å²) in [5.41, 5.74) is 0.639. The van der Waals surface area contributed by atoms with E-state index in [1.54, 1.807) is 6.20 Å². The highest BCUT2D eigenvalue weighted by Crippen LogP contribution is 2.22. The quantitative estimate of drug-likeness (QED) is 0.920. The van der Waals surface area contributed by atoms with Crippen molar-refractivity contribution < 1.29 is 4.79 Å². The number of hydrogen-bond donors (Lipinski definition) is 1. The van der Waals surface area contributed by atoms with E-state index >= 15 is 0 Å². The van der Waals surface area contributed by atoms with Gasteiger partial charge in [0.05, 0.1) is 12.1 Å². The van der Waals surface area contributed by atoms with Crippen LogP contribution in [0.15, 0.2) is 18.3 Å². The van der Waals surface area contributed by atoms with Gasteiger partial charge in [-0.1, -0.05) is 6.42 Å². The Labute approximate surface area is 147 Å². The van der Waals surface area contributed by atoms with Gasteiger partial charge in [-0.05, 0) is 37.8 Å². The van der Waals surface area contributed by atoms with Crippen molar-refractivity contribution in [3.8, 4) is 0 Å². The zero-order valence-electron chi connectivity index (χ0n) is 14.4. The molecule has 7 nitrogen and oxygen atoms in total. The number of fused-ring (bicyclic) bond motifs is 1. The maximum atomic E-state index is 12.7. The fourth-order valence-corrected chi connectivity index (χ4v) is 3.69. The van der Waals surface area contributed by atoms with Crippen molar-refractivity contribution >= 4 is 11.7 Å². The Hall–Kier alpha value is -2.44. The molecule has 4 rings (SSSR count). The molecule has 0 radical (unpaired) electrons. The molecule has 0 atom stereocenters. The molecule has 2 aromatic rings. The maximum absolute atomic E-state index is 12.7. The summed E-state index contributed by atoms with van der Waals surface area (Å²) in [6.45, 7) is 3.28. The van der Waals surface area contributed by atoms with Gasteiger partial charge in [0.2, 0.25) is 0 Å². The monoisotopic (exact) mass is 340 g/mol. The van der Waals surface area contributed by atoms with Crippen LogP contribution in [0.1, 0.15) is 54.1 Å². The van der Waals surface area contributed by atoms with Gasteiger partial charge in [0.1, 0.15) is 11.6 Å². The largest absolute Gasteiger partial charge is 0.356 e. The number of nitrogens with zero attached hydrogens (tertiary/aromatic N) is 5. The number of aryl methyl sites for hydroxylation is 1. The number of hydrogen-bond acceptors (Lipinski definition) is 5. The van der Waals surface area contributed by atoms with Gasteiger partial charge < -0.3 is 14.8 Å². The molecule has 25 heavy (non-hydrogen) atoms. The van der Waals surface area contributed by atoms with Gasteiger partial charge in [-0.3, -0.25) is 4.79 Å². The minimum absolute atomic E-state index is 0.0963. The third-order valence-corrected chi connectivity index (χ3v) is 5.03. The molecule has 2 aliphatic heterocycles. The third-order valence-electron chi connectivity index (χ3n) is 5.03. The molecule has 0 aliphatic carbocycles. The first-order chi connectivity index (χ1) is 12.3. The number of anilines is 1. The lowest BCUT2D eigenvalue weighted by atomic mass is 10.2. The Morgan fingerprint density at radius 3 is 2.80 bits per heavy atom. The van der Waals surface area contributed by atoms with E-state index in [9.17, 15) is 4.79 Å². The number of amides is 1. The molecule has 0 bridgehead atoms. The van der Waals surface area contributed by atoms with Crippen molar-refractivity contribution in [3.05, 3.63) is 35.5 Å². The summed E-state index contributed by atoms with van der Waals surface area (Å²) < 4.78 is 2.16. The number of pyridine rings is 1. The average molecular weight is 340 g/mol. The van der Waals surface area contributed by atoms with Crippen LogP contribution >= 0.6 is 0 Å². The molecule has 4 heterocycles. The molecule has 1 N–H and O–H groups in total. The molecule has 0 aromatic carbocycles. The van der Waals surface area contributed by atoms with Gasteiger partial charge in [0, 0.05) is 32.3 Å². The van der Waals surface area contributed by atoms with E-state index in [0.717, 1.165) is 62.8 Å². The summed E-state index contributed by atoms with van der Waals surface area (Å²) in [4.78, 5) is 19.4. The molecule has 0 spiro atoms. The van der Waals surface area contributed by atoms with E-state index in [-0.39, 0.29) is 5.91 Å². The van der Waals surface area contributed by atoms with E-state index in [1.807, 2.05) is 12.1 Å². The van der Waals surface area contributed by atoms with Gasteiger partial charge in [-0.2, -0.15) is 0 Å². The van der Waals surface area contributed by atoms with Crippen LogP contribution in [0.4, 0.5) is 5.82 Å². The van der Waals surface area contributed by atoms with E-state index in [0.29, 0.717) is 12.1 Å².